The minimum absolute atomic E-state index is 0.438. The minimum atomic E-state index is -0.438. The Hall–Kier alpha value is -6.74. The lowest BCUT2D eigenvalue weighted by atomic mass is 9.64. The zero-order valence-electron chi connectivity index (χ0n) is 30.7. The monoisotopic (exact) mass is 731 g/mol. The smallest absolute Gasteiger partial charge is 0.0723 e. The third kappa shape index (κ3) is 6.05. The van der Waals surface area contributed by atoms with Crippen molar-refractivity contribution >= 4 is 11.8 Å². The van der Waals surface area contributed by atoms with Crippen molar-refractivity contribution in [1.29, 1.82) is 0 Å². The molecule has 0 amide bonds. The Bertz CT molecular complexity index is 2720. The Kier molecular flexibility index (Phi) is 8.74. The fourth-order valence-corrected chi connectivity index (χ4v) is 9.59. The van der Waals surface area contributed by atoms with E-state index in [2.05, 4.69) is 218 Å². The highest BCUT2D eigenvalue weighted by Crippen LogP contribution is 2.56. The van der Waals surface area contributed by atoms with E-state index in [1.807, 2.05) is 17.8 Å². The summed E-state index contributed by atoms with van der Waals surface area (Å²) in [5.74, 6) is 0. The lowest BCUT2D eigenvalue weighted by molar-refractivity contribution is 0.703. The van der Waals surface area contributed by atoms with E-state index in [9.17, 15) is 0 Å². The van der Waals surface area contributed by atoms with Crippen LogP contribution in [0.25, 0.3) is 55.9 Å². The number of hydrogen-bond acceptors (Lipinski definition) is 2. The summed E-state index contributed by atoms with van der Waals surface area (Å²) in [5, 5.41) is 0. The normalized spacial score (nSPS) is 12.7. The highest BCUT2D eigenvalue weighted by atomic mass is 32.2. The first-order chi connectivity index (χ1) is 27.7. The molecule has 9 aromatic rings. The molecule has 56 heavy (non-hydrogen) atoms. The summed E-state index contributed by atoms with van der Waals surface area (Å²) in [6.07, 6.45) is 0. The minimum Gasteiger partial charge on any atom is -0.248 e. The highest BCUT2D eigenvalue weighted by Gasteiger charge is 2.44. The molecule has 264 valence electrons. The zero-order chi connectivity index (χ0) is 37.3. The van der Waals surface area contributed by atoms with E-state index in [1.54, 1.807) is 0 Å². The quantitative estimate of drug-likeness (QED) is 0.162. The second-order valence-corrected chi connectivity index (χ2v) is 15.4. The maximum absolute atomic E-state index is 5.21. The van der Waals surface area contributed by atoms with Crippen molar-refractivity contribution in [1.82, 2.24) is 4.98 Å². The molecule has 0 fully saturated rings. The number of fused-ring (bicyclic) bond motifs is 2. The zero-order valence-corrected chi connectivity index (χ0v) is 31.5. The topological polar surface area (TPSA) is 12.9 Å². The first-order valence-corrected chi connectivity index (χ1v) is 19.9. The van der Waals surface area contributed by atoms with Crippen molar-refractivity contribution in [3.63, 3.8) is 0 Å². The molecule has 0 aliphatic carbocycles. The Labute approximate surface area is 333 Å². The van der Waals surface area contributed by atoms with Crippen LogP contribution in [-0.2, 0) is 5.41 Å². The predicted octanol–water partition coefficient (Wildman–Crippen LogP) is 14.3. The van der Waals surface area contributed by atoms with Gasteiger partial charge in [-0.25, -0.2) is 4.98 Å². The summed E-state index contributed by atoms with van der Waals surface area (Å²) in [6, 6.07) is 81.2. The first-order valence-electron chi connectivity index (χ1n) is 19.1. The van der Waals surface area contributed by atoms with Crippen LogP contribution in [0.4, 0.5) is 0 Å². The average Bonchev–Trinajstić information content (AvgIpc) is 3.29. The van der Waals surface area contributed by atoms with E-state index in [4.69, 9.17) is 4.98 Å². The molecule has 2 heterocycles. The Morgan fingerprint density at radius 2 is 0.732 bits per heavy atom. The second-order valence-electron chi connectivity index (χ2n) is 14.3. The second kappa shape index (κ2) is 14.5. The molecule has 1 aromatic heterocycles. The number of rotatable bonds is 7. The molecular weight excluding hydrogens is 695 g/mol. The van der Waals surface area contributed by atoms with Gasteiger partial charge in [-0.05, 0) is 92.0 Å². The standard InChI is InChI=1S/C54H37NS/c1-5-17-38(18-6-1)45-35-50(39-19-7-2-8-20-39)55-51(36-45)44-24-16-23-42(34-44)40-21-15-22-41(33-40)43-31-32-49-53(37-43)56-52-30-14-13-29-48(52)54(49,46-25-9-3-10-26-46)47-27-11-4-12-28-47/h1-37H. The molecule has 0 N–H and O–H groups in total. The van der Waals surface area contributed by atoms with Gasteiger partial charge in [0.05, 0.1) is 16.8 Å². The van der Waals surface area contributed by atoms with Gasteiger partial charge < -0.3 is 0 Å². The number of benzene rings is 8. The maximum atomic E-state index is 5.21. The first kappa shape index (κ1) is 33.8. The number of hydrogen-bond donors (Lipinski definition) is 0. The van der Waals surface area contributed by atoms with Crippen LogP contribution >= 0.6 is 11.8 Å². The Morgan fingerprint density at radius 1 is 0.286 bits per heavy atom. The van der Waals surface area contributed by atoms with Gasteiger partial charge in [0, 0.05) is 20.9 Å². The summed E-state index contributed by atoms with van der Waals surface area (Å²) in [7, 11) is 0. The van der Waals surface area contributed by atoms with Crippen LogP contribution in [0.2, 0.25) is 0 Å². The van der Waals surface area contributed by atoms with Crippen molar-refractivity contribution in [3.8, 4) is 55.9 Å². The van der Waals surface area contributed by atoms with Gasteiger partial charge in [-0.2, -0.15) is 0 Å². The molecule has 1 aliphatic heterocycles. The molecule has 1 aliphatic rings. The van der Waals surface area contributed by atoms with Crippen molar-refractivity contribution in [2.45, 2.75) is 15.2 Å². The fourth-order valence-electron chi connectivity index (χ4n) is 8.36. The van der Waals surface area contributed by atoms with Crippen molar-refractivity contribution in [3.05, 3.63) is 247 Å². The van der Waals surface area contributed by atoms with Gasteiger partial charge in [-0.3, -0.25) is 0 Å². The number of pyridine rings is 1. The van der Waals surface area contributed by atoms with Gasteiger partial charge in [-0.1, -0.05) is 200 Å². The summed E-state index contributed by atoms with van der Waals surface area (Å²) < 4.78 is 0. The van der Waals surface area contributed by atoms with Gasteiger partial charge in [0.25, 0.3) is 0 Å². The van der Waals surface area contributed by atoms with E-state index in [0.29, 0.717) is 0 Å². The van der Waals surface area contributed by atoms with Crippen molar-refractivity contribution in [2.75, 3.05) is 0 Å². The molecule has 0 unspecified atom stereocenters. The largest absolute Gasteiger partial charge is 0.248 e. The summed E-state index contributed by atoms with van der Waals surface area (Å²) >= 11 is 1.88. The Balaban J connectivity index is 1.06. The summed E-state index contributed by atoms with van der Waals surface area (Å²) in [6.45, 7) is 0. The molecule has 0 saturated carbocycles. The molecule has 0 atom stereocenters. The van der Waals surface area contributed by atoms with Gasteiger partial charge in [0.15, 0.2) is 0 Å². The maximum Gasteiger partial charge on any atom is 0.0723 e. The van der Waals surface area contributed by atoms with Gasteiger partial charge in [0.2, 0.25) is 0 Å². The molecule has 0 bridgehead atoms. The van der Waals surface area contributed by atoms with E-state index < -0.39 is 5.41 Å². The Morgan fingerprint density at radius 3 is 1.36 bits per heavy atom. The van der Waals surface area contributed by atoms with Crippen LogP contribution in [0.1, 0.15) is 22.3 Å². The summed E-state index contributed by atoms with van der Waals surface area (Å²) in [4.78, 5) is 7.77. The van der Waals surface area contributed by atoms with Crippen LogP contribution in [0, 0.1) is 0 Å². The van der Waals surface area contributed by atoms with E-state index in [1.165, 1.54) is 54.3 Å². The van der Waals surface area contributed by atoms with Gasteiger partial charge in [-0.15, -0.1) is 0 Å². The lowest BCUT2D eigenvalue weighted by Gasteiger charge is -2.42. The molecule has 0 saturated heterocycles. The van der Waals surface area contributed by atoms with Crippen LogP contribution in [0.3, 0.4) is 0 Å². The van der Waals surface area contributed by atoms with Crippen LogP contribution in [0.15, 0.2) is 234 Å². The van der Waals surface area contributed by atoms with Crippen LogP contribution in [-0.4, -0.2) is 4.98 Å². The molecule has 0 radical (unpaired) electrons. The lowest BCUT2D eigenvalue weighted by Crippen LogP contribution is -2.34. The SMILES string of the molecule is c1ccc(-c2cc(-c3ccccc3)nc(-c3cccc(-c4cccc(-c5ccc6c(c5)Sc5ccccc5C6(c5ccccc5)c5ccccc5)c4)c3)c2)cc1. The number of nitrogens with zero attached hydrogens (tertiary/aromatic N) is 1. The van der Waals surface area contributed by atoms with Crippen LogP contribution in [0.5, 0.6) is 0 Å². The van der Waals surface area contributed by atoms with Crippen LogP contribution < -0.4 is 0 Å². The highest BCUT2D eigenvalue weighted by molar-refractivity contribution is 7.99. The predicted molar refractivity (Wildman–Crippen MR) is 234 cm³/mol. The van der Waals surface area contributed by atoms with Crippen molar-refractivity contribution < 1.29 is 0 Å². The van der Waals surface area contributed by atoms with Crippen molar-refractivity contribution in [2.24, 2.45) is 0 Å². The van der Waals surface area contributed by atoms with E-state index in [-0.39, 0.29) is 0 Å². The third-order valence-corrected chi connectivity index (χ3v) is 12.1. The molecule has 0 spiro atoms. The number of aromatic nitrogens is 1. The van der Waals surface area contributed by atoms with E-state index >= 15 is 0 Å². The van der Waals surface area contributed by atoms with Gasteiger partial charge in [0.1, 0.15) is 0 Å². The van der Waals surface area contributed by atoms with E-state index in [0.717, 1.165) is 33.6 Å². The molecule has 8 aromatic carbocycles. The average molecular weight is 732 g/mol. The molecule has 2 heteroatoms. The molecule has 10 rings (SSSR count). The molecular formula is C54H37NS. The fraction of sp³-hybridized carbons (Fsp3) is 0.0185. The summed E-state index contributed by atoms with van der Waals surface area (Å²) in [5.41, 5.74) is 15.9. The van der Waals surface area contributed by atoms with Gasteiger partial charge >= 0.3 is 0 Å². The third-order valence-electron chi connectivity index (χ3n) is 11.0. The molecule has 1 nitrogen and oxygen atoms in total.